The number of hydrogen-bond acceptors (Lipinski definition) is 5. The van der Waals surface area contributed by atoms with Crippen molar-refractivity contribution in [2.75, 3.05) is 30.9 Å². The van der Waals surface area contributed by atoms with Crippen molar-refractivity contribution in [2.45, 2.75) is 37.1 Å². The molecule has 0 unspecified atom stereocenters. The largest absolute Gasteiger partial charge is 0.362 e. The van der Waals surface area contributed by atoms with Gasteiger partial charge in [-0.1, -0.05) is 103 Å². The molecule has 0 atom stereocenters. The molecule has 6 nitrogen and oxygen atoms in total. The predicted octanol–water partition coefficient (Wildman–Crippen LogP) is 6.82. The van der Waals surface area contributed by atoms with Crippen LogP contribution in [0.15, 0.2) is 115 Å². The summed E-state index contributed by atoms with van der Waals surface area (Å²) in [6.07, 6.45) is 4.08. The predicted molar refractivity (Wildman–Crippen MR) is 175 cm³/mol. The molecule has 1 heterocycles. The lowest BCUT2D eigenvalue weighted by Crippen LogP contribution is -2.48. The lowest BCUT2D eigenvalue weighted by molar-refractivity contribution is -0.124. The third-order valence-corrected chi connectivity index (χ3v) is 8.70. The van der Waals surface area contributed by atoms with Crippen molar-refractivity contribution in [2.24, 2.45) is 5.92 Å². The third-order valence-electron chi connectivity index (χ3n) is 8.70. The molecule has 0 spiro atoms. The molecular formula is C37H39N5O. The molecule has 218 valence electrons. The minimum Gasteiger partial charge on any atom is -0.362 e. The first-order valence-electron chi connectivity index (χ1n) is 15.2. The van der Waals surface area contributed by atoms with E-state index in [-0.39, 0.29) is 5.91 Å². The zero-order chi connectivity index (χ0) is 29.6. The number of fused-ring (bicyclic) bond motifs is 1. The van der Waals surface area contributed by atoms with Crippen molar-refractivity contribution in [1.82, 2.24) is 15.3 Å². The van der Waals surface area contributed by atoms with Crippen LogP contribution in [0.2, 0.25) is 0 Å². The normalized spacial score (nSPS) is 16.9. The van der Waals surface area contributed by atoms with Gasteiger partial charge in [-0.05, 0) is 60.4 Å². The standard InChI is InChI=1S/C37H39N5O/c1-42(2)34-32-20-12-13-21-33(32)40-36(41-34)39-31-24-22-27(23-25-31)26-38-35(43)37(28-14-6-3-7-15-28,29-16-8-4-9-17-29)30-18-10-5-11-19-30/h3-21,27,31H,22-26H2,1-2H3,(H,38,43)(H,39,40,41). The molecule has 4 aromatic carbocycles. The van der Waals surface area contributed by atoms with Crippen molar-refractivity contribution >= 4 is 28.6 Å². The molecule has 1 amide bonds. The summed E-state index contributed by atoms with van der Waals surface area (Å²) in [7, 11) is 4.03. The average molecular weight is 570 g/mol. The highest BCUT2D eigenvalue weighted by molar-refractivity contribution is 5.96. The van der Waals surface area contributed by atoms with Crippen molar-refractivity contribution in [3.63, 3.8) is 0 Å². The van der Waals surface area contributed by atoms with Gasteiger partial charge in [0.25, 0.3) is 0 Å². The van der Waals surface area contributed by atoms with Crippen LogP contribution in [0.1, 0.15) is 42.4 Å². The molecule has 0 aliphatic heterocycles. The quantitative estimate of drug-likeness (QED) is 0.191. The third kappa shape index (κ3) is 5.82. The molecule has 1 aliphatic rings. The number of anilines is 2. The van der Waals surface area contributed by atoms with E-state index in [2.05, 4.69) is 53.1 Å². The maximum absolute atomic E-state index is 14.5. The van der Waals surface area contributed by atoms with Crippen molar-refractivity contribution in [3.8, 4) is 0 Å². The minimum atomic E-state index is -0.944. The number of nitrogens with zero attached hydrogens (tertiary/aromatic N) is 3. The Morgan fingerprint density at radius 2 is 1.23 bits per heavy atom. The first kappa shape index (κ1) is 28.4. The maximum atomic E-state index is 14.5. The molecule has 6 rings (SSSR count). The van der Waals surface area contributed by atoms with Crippen LogP contribution in [0.5, 0.6) is 0 Å². The van der Waals surface area contributed by atoms with Crippen LogP contribution in [-0.2, 0) is 10.2 Å². The summed E-state index contributed by atoms with van der Waals surface area (Å²) in [4.78, 5) is 26.1. The molecule has 1 fully saturated rings. The first-order valence-corrected chi connectivity index (χ1v) is 15.2. The van der Waals surface area contributed by atoms with Gasteiger partial charge in [0.15, 0.2) is 0 Å². The summed E-state index contributed by atoms with van der Waals surface area (Å²) >= 11 is 0. The fourth-order valence-corrected chi connectivity index (χ4v) is 6.49. The fraction of sp³-hybridized carbons (Fsp3) is 0.270. The topological polar surface area (TPSA) is 70.2 Å². The average Bonchev–Trinajstić information content (AvgIpc) is 3.06. The molecule has 0 saturated heterocycles. The Balaban J connectivity index is 1.17. The molecule has 6 heteroatoms. The summed E-state index contributed by atoms with van der Waals surface area (Å²) in [6.45, 7) is 0.650. The van der Waals surface area contributed by atoms with Gasteiger partial charge in [-0.2, -0.15) is 4.98 Å². The van der Waals surface area contributed by atoms with Crippen LogP contribution in [0.4, 0.5) is 11.8 Å². The smallest absolute Gasteiger partial charge is 0.239 e. The molecule has 43 heavy (non-hydrogen) atoms. The second-order valence-corrected chi connectivity index (χ2v) is 11.7. The van der Waals surface area contributed by atoms with Gasteiger partial charge in [0, 0.05) is 32.1 Å². The Bertz CT molecular complexity index is 1550. The number of benzene rings is 4. The number of hydrogen-bond donors (Lipinski definition) is 2. The Labute approximate surface area is 254 Å². The molecule has 2 N–H and O–H groups in total. The number of nitrogens with one attached hydrogen (secondary N) is 2. The minimum absolute atomic E-state index is 0.0112. The monoisotopic (exact) mass is 569 g/mol. The molecule has 0 radical (unpaired) electrons. The van der Waals surface area contributed by atoms with Crippen LogP contribution in [0.25, 0.3) is 10.9 Å². The van der Waals surface area contributed by atoms with Gasteiger partial charge in [0.1, 0.15) is 11.2 Å². The van der Waals surface area contributed by atoms with Gasteiger partial charge in [-0.25, -0.2) is 4.98 Å². The van der Waals surface area contributed by atoms with Crippen LogP contribution in [0.3, 0.4) is 0 Å². The lowest BCUT2D eigenvalue weighted by Gasteiger charge is -2.36. The lowest BCUT2D eigenvalue weighted by atomic mass is 9.68. The van der Waals surface area contributed by atoms with E-state index >= 15 is 0 Å². The second kappa shape index (κ2) is 12.7. The van der Waals surface area contributed by atoms with Crippen LogP contribution in [0, 0.1) is 5.92 Å². The highest BCUT2D eigenvalue weighted by Crippen LogP contribution is 2.40. The summed E-state index contributed by atoms with van der Waals surface area (Å²) in [6, 6.07) is 38.9. The van der Waals surface area contributed by atoms with Crippen LogP contribution in [-0.4, -0.2) is 42.6 Å². The van der Waals surface area contributed by atoms with Gasteiger partial charge in [-0.15, -0.1) is 0 Å². The van der Waals surface area contributed by atoms with Gasteiger partial charge in [-0.3, -0.25) is 4.79 Å². The number of carbonyl (C=O) groups excluding carboxylic acids is 1. The van der Waals surface area contributed by atoms with E-state index in [1.165, 1.54) is 0 Å². The van der Waals surface area contributed by atoms with E-state index < -0.39 is 5.41 Å². The number of amides is 1. The van der Waals surface area contributed by atoms with Crippen LogP contribution >= 0.6 is 0 Å². The Morgan fingerprint density at radius 1 is 0.721 bits per heavy atom. The van der Waals surface area contributed by atoms with E-state index in [9.17, 15) is 4.79 Å². The van der Waals surface area contributed by atoms with E-state index in [1.807, 2.05) is 91.8 Å². The fourth-order valence-electron chi connectivity index (χ4n) is 6.49. The number of rotatable bonds is 9. The highest BCUT2D eigenvalue weighted by Gasteiger charge is 2.43. The summed E-state index contributed by atoms with van der Waals surface area (Å²) in [5, 5.41) is 8.06. The van der Waals surface area contributed by atoms with Crippen molar-refractivity contribution in [3.05, 3.63) is 132 Å². The zero-order valence-corrected chi connectivity index (χ0v) is 24.9. The Kier molecular flexibility index (Phi) is 8.36. The number of para-hydroxylation sites is 1. The first-order chi connectivity index (χ1) is 21.1. The molecule has 0 bridgehead atoms. The molecular weight excluding hydrogens is 530 g/mol. The highest BCUT2D eigenvalue weighted by atomic mass is 16.2. The Hall–Kier alpha value is -4.71. The molecule has 5 aromatic rings. The van der Waals surface area contributed by atoms with E-state index in [0.717, 1.165) is 59.1 Å². The van der Waals surface area contributed by atoms with Crippen molar-refractivity contribution < 1.29 is 4.79 Å². The Morgan fingerprint density at radius 3 is 1.77 bits per heavy atom. The molecule has 1 aliphatic carbocycles. The summed E-state index contributed by atoms with van der Waals surface area (Å²) in [5.41, 5.74) is 2.89. The number of carbonyl (C=O) groups is 1. The maximum Gasteiger partial charge on any atom is 0.239 e. The number of aromatic nitrogens is 2. The zero-order valence-electron chi connectivity index (χ0n) is 24.9. The molecule has 1 saturated carbocycles. The summed E-state index contributed by atoms with van der Waals surface area (Å²) in [5.74, 6) is 2.02. The van der Waals surface area contributed by atoms with Gasteiger partial charge >= 0.3 is 0 Å². The summed E-state index contributed by atoms with van der Waals surface area (Å²) < 4.78 is 0. The van der Waals surface area contributed by atoms with Gasteiger partial charge in [0.05, 0.1) is 5.52 Å². The van der Waals surface area contributed by atoms with Gasteiger partial charge < -0.3 is 15.5 Å². The van der Waals surface area contributed by atoms with Gasteiger partial charge in [0.2, 0.25) is 11.9 Å². The van der Waals surface area contributed by atoms with Crippen molar-refractivity contribution in [1.29, 1.82) is 0 Å². The van der Waals surface area contributed by atoms with E-state index in [4.69, 9.17) is 9.97 Å². The second-order valence-electron chi connectivity index (χ2n) is 11.7. The van der Waals surface area contributed by atoms with E-state index in [0.29, 0.717) is 24.5 Å². The van der Waals surface area contributed by atoms with Crippen LogP contribution < -0.4 is 15.5 Å². The molecule has 1 aromatic heterocycles. The van der Waals surface area contributed by atoms with E-state index in [1.54, 1.807) is 0 Å². The SMILES string of the molecule is CN(C)c1nc(NC2CCC(CNC(=O)C(c3ccccc3)(c3ccccc3)c3ccccc3)CC2)nc2ccccc12.